The molecule has 0 unspecified atom stereocenters. The number of imide groups is 2. The van der Waals surface area contributed by atoms with Gasteiger partial charge in [0.05, 0.1) is 11.7 Å². The molecule has 2 aromatic rings. The van der Waals surface area contributed by atoms with Gasteiger partial charge in [0.1, 0.15) is 17.9 Å². The second-order valence-corrected chi connectivity index (χ2v) is 6.18. The van der Waals surface area contributed by atoms with Gasteiger partial charge in [0, 0.05) is 5.56 Å². The molecule has 1 saturated heterocycles. The topological polar surface area (TPSA) is 116 Å². The minimum absolute atomic E-state index is 0.153. The van der Waals surface area contributed by atoms with Gasteiger partial charge in [-0.05, 0) is 36.3 Å². The van der Waals surface area contributed by atoms with Crippen LogP contribution in [-0.2, 0) is 20.8 Å². The summed E-state index contributed by atoms with van der Waals surface area (Å²) in [6.45, 7) is 1.29. The molecule has 0 bridgehead atoms. The molecule has 0 aliphatic carbocycles. The predicted molar refractivity (Wildman–Crippen MR) is 102 cm³/mol. The Kier molecular flexibility index (Phi) is 5.73. The molecule has 0 saturated carbocycles. The number of anilines is 1. The Morgan fingerprint density at radius 3 is 2.45 bits per heavy atom. The van der Waals surface area contributed by atoms with E-state index in [0.29, 0.717) is 11.3 Å². The Hall–Kier alpha value is -3.94. The summed E-state index contributed by atoms with van der Waals surface area (Å²) < 4.78 is 5.14. The highest BCUT2D eigenvalue weighted by Gasteiger charge is 2.36. The highest BCUT2D eigenvalue weighted by Crippen LogP contribution is 2.25. The number of nitrogens with one attached hydrogen (secondary N) is 1. The summed E-state index contributed by atoms with van der Waals surface area (Å²) in [5.74, 6) is -2.90. The molecule has 2 aromatic carbocycles. The third-order valence-corrected chi connectivity index (χ3v) is 4.27. The first-order chi connectivity index (χ1) is 13.9. The third kappa shape index (κ3) is 4.32. The Balaban J connectivity index is 1.96. The molecule has 8 heteroatoms. The molecule has 8 nitrogen and oxygen atoms in total. The molecule has 1 aliphatic heterocycles. The fraction of sp³-hybridized carbons (Fsp3) is 0.143. The normalized spacial score (nSPS) is 15.4. The van der Waals surface area contributed by atoms with Crippen molar-refractivity contribution in [3.8, 4) is 5.75 Å². The number of ether oxygens (including phenoxy) is 1. The summed E-state index contributed by atoms with van der Waals surface area (Å²) in [4.78, 5) is 49.0. The van der Waals surface area contributed by atoms with Crippen LogP contribution in [0.15, 0.2) is 54.1 Å². The number of amides is 4. The molecule has 1 fully saturated rings. The van der Waals surface area contributed by atoms with Crippen molar-refractivity contribution in [2.24, 2.45) is 0 Å². The van der Waals surface area contributed by atoms with Crippen molar-refractivity contribution in [2.45, 2.75) is 13.3 Å². The van der Waals surface area contributed by atoms with Crippen LogP contribution in [0.2, 0.25) is 0 Å². The number of para-hydroxylation sites is 1. The van der Waals surface area contributed by atoms with Crippen molar-refractivity contribution in [3.63, 3.8) is 0 Å². The molecule has 1 N–H and O–H groups in total. The van der Waals surface area contributed by atoms with Crippen LogP contribution in [0.25, 0.3) is 6.08 Å². The van der Waals surface area contributed by atoms with E-state index in [1.54, 1.807) is 42.5 Å². The summed E-state index contributed by atoms with van der Waals surface area (Å²) in [5, 5.41) is 12.8. The maximum Gasteiger partial charge on any atom is 0.335 e. The fourth-order valence-corrected chi connectivity index (χ4v) is 2.80. The number of urea groups is 1. The van der Waals surface area contributed by atoms with Crippen molar-refractivity contribution in [1.82, 2.24) is 5.32 Å². The molecule has 1 aliphatic rings. The fourth-order valence-electron chi connectivity index (χ4n) is 2.80. The zero-order valence-electron chi connectivity index (χ0n) is 15.5. The van der Waals surface area contributed by atoms with Crippen molar-refractivity contribution in [3.05, 3.63) is 65.2 Å². The molecule has 148 valence electrons. The quantitative estimate of drug-likeness (QED) is 0.579. The van der Waals surface area contributed by atoms with E-state index >= 15 is 0 Å². The first kappa shape index (κ1) is 19.8. The minimum atomic E-state index is -1.41. The average Bonchev–Trinajstić information content (AvgIpc) is 2.70. The van der Waals surface area contributed by atoms with Crippen molar-refractivity contribution in [1.29, 1.82) is 0 Å². The van der Waals surface area contributed by atoms with Crippen LogP contribution in [0.3, 0.4) is 0 Å². The Bertz CT molecular complexity index is 1010. The second-order valence-electron chi connectivity index (χ2n) is 6.18. The molecule has 0 spiro atoms. The number of aliphatic carboxylic acids is 1. The summed E-state index contributed by atoms with van der Waals surface area (Å²) in [5.41, 5.74) is 1.38. The highest BCUT2D eigenvalue weighted by atomic mass is 16.5. The lowest BCUT2D eigenvalue weighted by Crippen LogP contribution is -2.54. The van der Waals surface area contributed by atoms with Gasteiger partial charge in [-0.1, -0.05) is 37.3 Å². The van der Waals surface area contributed by atoms with E-state index in [2.05, 4.69) is 5.32 Å². The minimum Gasteiger partial charge on any atom is -0.546 e. The van der Waals surface area contributed by atoms with Gasteiger partial charge < -0.3 is 14.6 Å². The smallest absolute Gasteiger partial charge is 0.335 e. The summed E-state index contributed by atoms with van der Waals surface area (Å²) >= 11 is 0. The largest absolute Gasteiger partial charge is 0.546 e. The van der Waals surface area contributed by atoms with Gasteiger partial charge >= 0.3 is 6.03 Å². The first-order valence-electron chi connectivity index (χ1n) is 8.82. The number of hydrogen-bond donors (Lipinski definition) is 1. The van der Waals surface area contributed by atoms with Gasteiger partial charge in [0.2, 0.25) is 0 Å². The Labute approximate surface area is 166 Å². The van der Waals surface area contributed by atoms with Gasteiger partial charge in [-0.3, -0.25) is 14.9 Å². The van der Waals surface area contributed by atoms with Crippen LogP contribution in [0.5, 0.6) is 5.75 Å². The molecular formula is C21H17N2O6-. The number of hydrogen-bond acceptors (Lipinski definition) is 6. The van der Waals surface area contributed by atoms with Crippen LogP contribution < -0.4 is 20.1 Å². The number of aryl methyl sites for hydroxylation is 1. The number of carboxylic acid groups (broad SMARTS) is 1. The predicted octanol–water partition coefficient (Wildman–Crippen LogP) is 1.04. The summed E-state index contributed by atoms with van der Waals surface area (Å²) in [7, 11) is 0. The molecule has 0 radical (unpaired) electrons. The Morgan fingerprint density at radius 2 is 1.79 bits per heavy atom. The van der Waals surface area contributed by atoms with E-state index in [-0.39, 0.29) is 11.3 Å². The zero-order chi connectivity index (χ0) is 21.0. The molecule has 0 atom stereocenters. The van der Waals surface area contributed by atoms with Gasteiger partial charge in [0.15, 0.2) is 0 Å². The lowest BCUT2D eigenvalue weighted by atomic mass is 10.1. The average molecular weight is 393 g/mol. The van der Waals surface area contributed by atoms with Crippen LogP contribution in [0.4, 0.5) is 10.5 Å². The van der Waals surface area contributed by atoms with E-state index in [9.17, 15) is 24.3 Å². The Morgan fingerprint density at radius 1 is 1.10 bits per heavy atom. The van der Waals surface area contributed by atoms with Gasteiger partial charge in [-0.15, -0.1) is 0 Å². The van der Waals surface area contributed by atoms with Crippen LogP contribution in [0, 0.1) is 0 Å². The van der Waals surface area contributed by atoms with Gasteiger partial charge in [0.25, 0.3) is 11.8 Å². The first-order valence-corrected chi connectivity index (χ1v) is 8.82. The van der Waals surface area contributed by atoms with Crippen molar-refractivity contribution >= 4 is 35.6 Å². The third-order valence-electron chi connectivity index (χ3n) is 4.27. The molecule has 3 rings (SSSR count). The lowest BCUT2D eigenvalue weighted by molar-refractivity contribution is -0.307. The van der Waals surface area contributed by atoms with Gasteiger partial charge in [-0.2, -0.15) is 0 Å². The van der Waals surface area contributed by atoms with E-state index in [1.165, 1.54) is 12.1 Å². The summed E-state index contributed by atoms with van der Waals surface area (Å²) in [6, 6.07) is 12.3. The highest BCUT2D eigenvalue weighted by molar-refractivity contribution is 6.39. The van der Waals surface area contributed by atoms with E-state index in [4.69, 9.17) is 4.74 Å². The molecule has 29 heavy (non-hydrogen) atoms. The van der Waals surface area contributed by atoms with Crippen LogP contribution >= 0.6 is 0 Å². The van der Waals surface area contributed by atoms with Crippen LogP contribution in [-0.4, -0.2) is 30.4 Å². The number of carbonyl (C=O) groups is 4. The number of carbonyl (C=O) groups excluding carboxylic acids is 4. The van der Waals surface area contributed by atoms with Crippen molar-refractivity contribution in [2.75, 3.05) is 11.5 Å². The number of benzene rings is 2. The SMILES string of the molecule is CCc1ccc(N2C(=O)NC(=O)/C(=C/c3ccccc3OCC(=O)[O-])C2=O)cc1. The van der Waals surface area contributed by atoms with Gasteiger partial charge in [-0.25, -0.2) is 9.69 Å². The van der Waals surface area contributed by atoms with E-state index < -0.39 is 30.4 Å². The maximum atomic E-state index is 12.9. The number of barbiturate groups is 1. The second kappa shape index (κ2) is 8.39. The number of nitrogens with zero attached hydrogens (tertiary/aromatic N) is 1. The number of rotatable bonds is 6. The maximum absolute atomic E-state index is 12.9. The molecule has 0 aromatic heterocycles. The summed E-state index contributed by atoms with van der Waals surface area (Å²) in [6.07, 6.45) is 2.05. The molecule has 1 heterocycles. The zero-order valence-corrected chi connectivity index (χ0v) is 15.5. The molecular weight excluding hydrogens is 376 g/mol. The number of carboxylic acids is 1. The van der Waals surface area contributed by atoms with Crippen LogP contribution in [0.1, 0.15) is 18.1 Å². The lowest BCUT2D eigenvalue weighted by Gasteiger charge is -2.26. The molecule has 4 amide bonds. The monoisotopic (exact) mass is 393 g/mol. The van der Waals surface area contributed by atoms with Crippen molar-refractivity contribution < 1.29 is 29.0 Å². The van der Waals surface area contributed by atoms with E-state index in [0.717, 1.165) is 16.9 Å². The van der Waals surface area contributed by atoms with E-state index in [1.807, 2.05) is 6.92 Å². The standard InChI is InChI=1S/C21H18N2O6/c1-2-13-7-9-15(10-8-13)23-20(27)16(19(26)22-21(23)28)11-14-5-3-4-6-17(14)29-12-18(24)25/h3-11H,2,12H2,1H3,(H,24,25)(H,22,26,28)/p-1/b16-11-.